The van der Waals surface area contributed by atoms with Gasteiger partial charge in [-0.2, -0.15) is 0 Å². The highest BCUT2D eigenvalue weighted by molar-refractivity contribution is 5.30. The lowest BCUT2D eigenvalue weighted by Crippen LogP contribution is -1.97. The number of halogens is 2. The van der Waals surface area contributed by atoms with E-state index in [1.807, 2.05) is 58.0 Å². The van der Waals surface area contributed by atoms with Gasteiger partial charge in [-0.25, -0.2) is 8.78 Å². The maximum atomic E-state index is 13.2. The lowest BCUT2D eigenvalue weighted by Gasteiger charge is -2.08. The van der Waals surface area contributed by atoms with E-state index in [2.05, 4.69) is 0 Å². The molecule has 2 aromatic rings. The van der Waals surface area contributed by atoms with Crippen LogP contribution in [0.15, 0.2) is 42.5 Å². The molecule has 21 heavy (non-hydrogen) atoms. The van der Waals surface area contributed by atoms with E-state index in [4.69, 9.17) is 4.74 Å². The summed E-state index contributed by atoms with van der Waals surface area (Å²) >= 11 is 0. The van der Waals surface area contributed by atoms with Crippen LogP contribution in [-0.2, 0) is 6.61 Å². The second kappa shape index (κ2) is 10.8. The lowest BCUT2D eigenvalue weighted by atomic mass is 10.2. The number of benzene rings is 2. The van der Waals surface area contributed by atoms with Gasteiger partial charge in [-0.05, 0) is 12.5 Å². The standard InChI is InChI=1S/C14H12F2O.2C2H6/c1-10-13(15)7-12(8-14(10)16)17-9-11-5-3-2-4-6-11;2*1-2/h2-8H,9H2,1H3;2*1-2H3. The molecule has 0 saturated carbocycles. The Balaban J connectivity index is 0.000000921. The first kappa shape index (κ1) is 19.1. The van der Waals surface area contributed by atoms with Gasteiger partial charge in [0, 0.05) is 17.7 Å². The summed E-state index contributed by atoms with van der Waals surface area (Å²) in [4.78, 5) is 0. The molecule has 0 amide bonds. The number of ether oxygens (including phenoxy) is 1. The van der Waals surface area contributed by atoms with Gasteiger partial charge in [-0.15, -0.1) is 0 Å². The first-order valence-corrected chi connectivity index (χ1v) is 7.29. The summed E-state index contributed by atoms with van der Waals surface area (Å²) in [5.41, 5.74) is 0.964. The predicted octanol–water partition coefficient (Wildman–Crippen LogP) is 5.90. The van der Waals surface area contributed by atoms with Crippen LogP contribution in [0.2, 0.25) is 0 Å². The Bertz CT molecular complexity index is 487. The van der Waals surface area contributed by atoms with Crippen molar-refractivity contribution >= 4 is 0 Å². The van der Waals surface area contributed by atoms with E-state index >= 15 is 0 Å². The normalized spacial score (nSPS) is 8.90. The van der Waals surface area contributed by atoms with Crippen LogP contribution in [-0.4, -0.2) is 0 Å². The van der Waals surface area contributed by atoms with Gasteiger partial charge in [0.1, 0.15) is 24.0 Å². The summed E-state index contributed by atoms with van der Waals surface area (Å²) in [6.45, 7) is 9.69. The first-order chi connectivity index (χ1) is 10.2. The summed E-state index contributed by atoms with van der Waals surface area (Å²) in [5.74, 6) is -0.976. The van der Waals surface area contributed by atoms with Crippen molar-refractivity contribution < 1.29 is 13.5 Å². The van der Waals surface area contributed by atoms with Crippen LogP contribution in [0.4, 0.5) is 8.78 Å². The van der Waals surface area contributed by atoms with Crippen LogP contribution < -0.4 is 4.74 Å². The van der Waals surface area contributed by atoms with Crippen molar-refractivity contribution in [2.45, 2.75) is 41.2 Å². The molecular formula is C18H24F2O. The summed E-state index contributed by atoms with van der Waals surface area (Å²) in [7, 11) is 0. The smallest absolute Gasteiger partial charge is 0.132 e. The van der Waals surface area contributed by atoms with Crippen LogP contribution in [0.5, 0.6) is 5.75 Å². The Morgan fingerprint density at radius 1 is 0.857 bits per heavy atom. The second-order valence-corrected chi connectivity index (χ2v) is 3.79. The van der Waals surface area contributed by atoms with Crippen LogP contribution in [0.3, 0.4) is 0 Å². The zero-order chi connectivity index (χ0) is 16.3. The molecule has 1 nitrogen and oxygen atoms in total. The van der Waals surface area contributed by atoms with Crippen molar-refractivity contribution in [1.29, 1.82) is 0 Å². The van der Waals surface area contributed by atoms with E-state index in [9.17, 15) is 8.78 Å². The summed E-state index contributed by atoms with van der Waals surface area (Å²) in [6.07, 6.45) is 0. The molecular weight excluding hydrogens is 270 g/mol. The van der Waals surface area contributed by atoms with Crippen LogP contribution >= 0.6 is 0 Å². The summed E-state index contributed by atoms with van der Waals surface area (Å²) in [5, 5.41) is 0. The Labute approximate surface area is 126 Å². The fourth-order valence-corrected chi connectivity index (χ4v) is 1.45. The first-order valence-electron chi connectivity index (χ1n) is 7.29. The highest BCUT2D eigenvalue weighted by atomic mass is 19.1. The lowest BCUT2D eigenvalue weighted by molar-refractivity contribution is 0.302. The van der Waals surface area contributed by atoms with Gasteiger partial charge in [0.15, 0.2) is 0 Å². The largest absolute Gasteiger partial charge is 0.489 e. The molecule has 0 aliphatic rings. The molecule has 0 aliphatic carbocycles. The Morgan fingerprint density at radius 3 is 1.81 bits per heavy atom. The van der Waals surface area contributed by atoms with Gasteiger partial charge in [0.25, 0.3) is 0 Å². The van der Waals surface area contributed by atoms with Crippen molar-refractivity contribution in [3.8, 4) is 5.75 Å². The summed E-state index contributed by atoms with van der Waals surface area (Å²) < 4.78 is 31.8. The third-order valence-electron chi connectivity index (χ3n) is 2.50. The minimum Gasteiger partial charge on any atom is -0.489 e. The maximum Gasteiger partial charge on any atom is 0.132 e. The quantitative estimate of drug-likeness (QED) is 0.684. The zero-order valence-corrected chi connectivity index (χ0v) is 13.4. The van der Waals surface area contributed by atoms with E-state index < -0.39 is 11.6 Å². The minimum absolute atomic E-state index is 0.0112. The van der Waals surface area contributed by atoms with E-state index in [1.54, 1.807) is 0 Å². The topological polar surface area (TPSA) is 9.23 Å². The molecule has 0 atom stereocenters. The number of rotatable bonds is 3. The Kier molecular flexibility index (Phi) is 9.86. The molecule has 0 N–H and O–H groups in total. The zero-order valence-electron chi connectivity index (χ0n) is 13.4. The van der Waals surface area contributed by atoms with Gasteiger partial charge < -0.3 is 4.74 Å². The maximum absolute atomic E-state index is 13.2. The highest BCUT2D eigenvalue weighted by Crippen LogP contribution is 2.20. The third-order valence-corrected chi connectivity index (χ3v) is 2.50. The van der Waals surface area contributed by atoms with Gasteiger partial charge in [0.05, 0.1) is 0 Å². The second-order valence-electron chi connectivity index (χ2n) is 3.79. The highest BCUT2D eigenvalue weighted by Gasteiger charge is 2.07. The molecule has 116 valence electrons. The molecule has 0 bridgehead atoms. The average Bonchev–Trinajstić information content (AvgIpc) is 2.55. The fraction of sp³-hybridized carbons (Fsp3) is 0.333. The van der Waals surface area contributed by atoms with E-state index in [1.165, 1.54) is 19.1 Å². The monoisotopic (exact) mass is 294 g/mol. The van der Waals surface area contributed by atoms with Gasteiger partial charge in [-0.3, -0.25) is 0 Å². The minimum atomic E-state index is -0.590. The van der Waals surface area contributed by atoms with Crippen molar-refractivity contribution in [1.82, 2.24) is 0 Å². The predicted molar refractivity (Wildman–Crippen MR) is 84.6 cm³/mol. The number of hydrogen-bond acceptors (Lipinski definition) is 1. The molecule has 0 saturated heterocycles. The Hall–Kier alpha value is -1.90. The molecule has 0 heterocycles. The van der Waals surface area contributed by atoms with Gasteiger partial charge in [0.2, 0.25) is 0 Å². The van der Waals surface area contributed by atoms with Crippen LogP contribution in [0.25, 0.3) is 0 Å². The molecule has 3 heteroatoms. The molecule has 2 aromatic carbocycles. The number of hydrogen-bond donors (Lipinski definition) is 0. The van der Waals surface area contributed by atoms with E-state index in [0.717, 1.165) is 5.56 Å². The van der Waals surface area contributed by atoms with Crippen LogP contribution in [0, 0.1) is 18.6 Å². The van der Waals surface area contributed by atoms with Crippen molar-refractivity contribution in [3.05, 3.63) is 65.2 Å². The summed E-state index contributed by atoms with van der Waals surface area (Å²) in [6, 6.07) is 11.8. The Morgan fingerprint density at radius 2 is 1.33 bits per heavy atom. The molecule has 0 aliphatic heterocycles. The van der Waals surface area contributed by atoms with Crippen molar-refractivity contribution in [2.75, 3.05) is 0 Å². The van der Waals surface area contributed by atoms with Gasteiger partial charge >= 0.3 is 0 Å². The molecule has 2 rings (SSSR count). The molecule has 0 aromatic heterocycles. The third kappa shape index (κ3) is 6.39. The van der Waals surface area contributed by atoms with Gasteiger partial charge in [-0.1, -0.05) is 58.0 Å². The fourth-order valence-electron chi connectivity index (χ4n) is 1.45. The van der Waals surface area contributed by atoms with Crippen molar-refractivity contribution in [2.24, 2.45) is 0 Å². The van der Waals surface area contributed by atoms with Crippen LogP contribution in [0.1, 0.15) is 38.8 Å². The molecule has 0 fully saturated rings. The molecule has 0 radical (unpaired) electrons. The van der Waals surface area contributed by atoms with E-state index in [-0.39, 0.29) is 11.3 Å². The molecule has 0 unspecified atom stereocenters. The SMILES string of the molecule is CC.CC.Cc1c(F)cc(OCc2ccccc2)cc1F. The van der Waals surface area contributed by atoms with Crippen molar-refractivity contribution in [3.63, 3.8) is 0 Å². The van der Waals surface area contributed by atoms with E-state index in [0.29, 0.717) is 6.61 Å². The molecule has 0 spiro atoms. The average molecular weight is 294 g/mol.